The van der Waals surface area contributed by atoms with E-state index in [0.717, 1.165) is 16.5 Å². The molecular weight excluding hydrogens is 272 g/mol. The van der Waals surface area contributed by atoms with Crippen LogP contribution in [0.1, 0.15) is 29.4 Å². The molecule has 0 saturated heterocycles. The van der Waals surface area contributed by atoms with Crippen molar-refractivity contribution in [2.75, 3.05) is 0 Å². The highest BCUT2D eigenvalue weighted by molar-refractivity contribution is 7.09. The average molecular weight is 285 g/mol. The summed E-state index contributed by atoms with van der Waals surface area (Å²) in [5.41, 5.74) is 0.809. The van der Waals surface area contributed by atoms with Crippen molar-refractivity contribution >= 4 is 28.8 Å². The number of nitrogens with one attached hydrogen (secondary N) is 1. The number of rotatable bonds is 5. The molecule has 96 valence electrons. The van der Waals surface area contributed by atoms with E-state index in [0.29, 0.717) is 5.88 Å². The third-order valence-corrected chi connectivity index (χ3v) is 3.57. The van der Waals surface area contributed by atoms with E-state index in [1.54, 1.807) is 12.3 Å². The van der Waals surface area contributed by atoms with Crippen LogP contribution in [-0.2, 0) is 17.1 Å². The minimum Gasteiger partial charge on any atom is -0.467 e. The van der Waals surface area contributed by atoms with Gasteiger partial charge in [0, 0.05) is 5.38 Å². The van der Waals surface area contributed by atoms with Crippen LogP contribution in [0.5, 0.6) is 0 Å². The standard InChI is InChI=1S/C12H13ClN2O2S/c1-8(10-3-2-4-17-10)14-11(16)5-12-15-9(6-13)7-18-12/h2-4,7-8H,5-6H2,1H3,(H,14,16). The van der Waals surface area contributed by atoms with Crippen molar-refractivity contribution in [2.45, 2.75) is 25.3 Å². The van der Waals surface area contributed by atoms with Gasteiger partial charge in [-0.2, -0.15) is 0 Å². The van der Waals surface area contributed by atoms with Gasteiger partial charge >= 0.3 is 0 Å². The van der Waals surface area contributed by atoms with E-state index in [4.69, 9.17) is 16.0 Å². The molecule has 0 radical (unpaired) electrons. The largest absolute Gasteiger partial charge is 0.467 e. The number of amides is 1. The van der Waals surface area contributed by atoms with Gasteiger partial charge in [0.05, 0.1) is 30.3 Å². The maximum Gasteiger partial charge on any atom is 0.227 e. The van der Waals surface area contributed by atoms with Crippen molar-refractivity contribution in [3.05, 3.63) is 40.2 Å². The first-order valence-electron chi connectivity index (χ1n) is 5.51. The van der Waals surface area contributed by atoms with Gasteiger partial charge in [0.1, 0.15) is 10.8 Å². The summed E-state index contributed by atoms with van der Waals surface area (Å²) >= 11 is 7.11. The Balaban J connectivity index is 1.88. The van der Waals surface area contributed by atoms with E-state index in [-0.39, 0.29) is 18.4 Å². The molecule has 1 N–H and O–H groups in total. The molecule has 0 aliphatic carbocycles. The molecule has 1 amide bonds. The lowest BCUT2D eigenvalue weighted by molar-refractivity contribution is -0.121. The Labute approximate surface area is 114 Å². The van der Waals surface area contributed by atoms with E-state index in [9.17, 15) is 4.79 Å². The van der Waals surface area contributed by atoms with Gasteiger partial charge in [0.25, 0.3) is 0 Å². The Bertz CT molecular complexity index is 510. The summed E-state index contributed by atoms with van der Waals surface area (Å²) < 4.78 is 5.22. The molecule has 0 aliphatic heterocycles. The van der Waals surface area contributed by atoms with Crippen LogP contribution in [0.15, 0.2) is 28.2 Å². The normalized spacial score (nSPS) is 12.3. The van der Waals surface area contributed by atoms with Crippen molar-refractivity contribution in [1.29, 1.82) is 0 Å². The number of thiazole rings is 1. The lowest BCUT2D eigenvalue weighted by Crippen LogP contribution is -2.27. The van der Waals surface area contributed by atoms with Crippen LogP contribution in [0.25, 0.3) is 0 Å². The van der Waals surface area contributed by atoms with E-state index in [1.807, 2.05) is 18.4 Å². The molecule has 2 rings (SSSR count). The minimum absolute atomic E-state index is 0.0747. The van der Waals surface area contributed by atoms with Crippen molar-refractivity contribution in [3.8, 4) is 0 Å². The van der Waals surface area contributed by atoms with Gasteiger partial charge in [-0.25, -0.2) is 4.98 Å². The molecule has 1 atom stereocenters. The first-order valence-corrected chi connectivity index (χ1v) is 6.92. The lowest BCUT2D eigenvalue weighted by atomic mass is 10.2. The summed E-state index contributed by atoms with van der Waals surface area (Å²) in [6, 6.07) is 3.49. The van der Waals surface area contributed by atoms with E-state index in [2.05, 4.69) is 10.3 Å². The Morgan fingerprint density at radius 1 is 1.67 bits per heavy atom. The SMILES string of the molecule is CC(NC(=O)Cc1nc(CCl)cs1)c1ccco1. The van der Waals surface area contributed by atoms with Crippen LogP contribution in [0.4, 0.5) is 0 Å². The Kier molecular flexibility index (Phi) is 4.38. The molecule has 0 aliphatic rings. The average Bonchev–Trinajstić information content (AvgIpc) is 2.98. The maximum atomic E-state index is 11.8. The predicted molar refractivity (Wildman–Crippen MR) is 70.6 cm³/mol. The van der Waals surface area contributed by atoms with Crippen LogP contribution in [0.2, 0.25) is 0 Å². The van der Waals surface area contributed by atoms with Crippen molar-refractivity contribution in [3.63, 3.8) is 0 Å². The summed E-state index contributed by atoms with van der Waals surface area (Å²) in [6.07, 6.45) is 1.86. The third-order valence-electron chi connectivity index (χ3n) is 2.40. The van der Waals surface area contributed by atoms with Gasteiger partial charge in [-0.1, -0.05) is 0 Å². The van der Waals surface area contributed by atoms with Gasteiger partial charge < -0.3 is 9.73 Å². The van der Waals surface area contributed by atoms with E-state index >= 15 is 0 Å². The molecule has 2 aromatic heterocycles. The zero-order chi connectivity index (χ0) is 13.0. The first kappa shape index (κ1) is 13.1. The number of hydrogen-bond acceptors (Lipinski definition) is 4. The van der Waals surface area contributed by atoms with Crippen molar-refractivity contribution in [2.24, 2.45) is 0 Å². The fourth-order valence-corrected chi connectivity index (χ4v) is 2.55. The van der Waals surface area contributed by atoms with Gasteiger partial charge in [0.15, 0.2) is 0 Å². The molecule has 0 spiro atoms. The van der Waals surface area contributed by atoms with Crippen LogP contribution in [0.3, 0.4) is 0 Å². The number of carbonyl (C=O) groups is 1. The Morgan fingerprint density at radius 2 is 2.50 bits per heavy atom. The zero-order valence-electron chi connectivity index (χ0n) is 9.85. The maximum absolute atomic E-state index is 11.8. The fourth-order valence-electron chi connectivity index (χ4n) is 1.53. The quantitative estimate of drug-likeness (QED) is 0.859. The van der Waals surface area contributed by atoms with Crippen LogP contribution in [-0.4, -0.2) is 10.9 Å². The second kappa shape index (κ2) is 6.02. The molecule has 1 unspecified atom stereocenters. The van der Waals surface area contributed by atoms with Crippen molar-refractivity contribution in [1.82, 2.24) is 10.3 Å². The van der Waals surface area contributed by atoms with Gasteiger partial charge in [-0.15, -0.1) is 22.9 Å². The lowest BCUT2D eigenvalue weighted by Gasteiger charge is -2.10. The molecule has 0 aromatic carbocycles. The van der Waals surface area contributed by atoms with Gasteiger partial charge in [-0.05, 0) is 19.1 Å². The second-order valence-electron chi connectivity index (χ2n) is 3.85. The summed E-state index contributed by atoms with van der Waals surface area (Å²) in [5.74, 6) is 1.04. The zero-order valence-corrected chi connectivity index (χ0v) is 11.4. The number of furan rings is 1. The summed E-state index contributed by atoms with van der Waals surface area (Å²) in [6.45, 7) is 1.88. The molecule has 4 nitrogen and oxygen atoms in total. The molecule has 6 heteroatoms. The van der Waals surface area contributed by atoms with Gasteiger partial charge in [-0.3, -0.25) is 4.79 Å². The van der Waals surface area contributed by atoms with Crippen LogP contribution < -0.4 is 5.32 Å². The number of nitrogens with zero attached hydrogens (tertiary/aromatic N) is 1. The first-order chi connectivity index (χ1) is 8.69. The highest BCUT2D eigenvalue weighted by Gasteiger charge is 2.13. The molecule has 18 heavy (non-hydrogen) atoms. The Morgan fingerprint density at radius 3 is 3.11 bits per heavy atom. The van der Waals surface area contributed by atoms with Crippen LogP contribution >= 0.6 is 22.9 Å². The minimum atomic E-state index is -0.139. The molecule has 0 saturated carbocycles. The monoisotopic (exact) mass is 284 g/mol. The molecule has 2 heterocycles. The summed E-state index contributed by atoms with van der Waals surface area (Å²) in [5, 5.41) is 5.50. The molecular formula is C12H13ClN2O2S. The molecule has 0 bridgehead atoms. The smallest absolute Gasteiger partial charge is 0.227 e. The van der Waals surface area contributed by atoms with Crippen molar-refractivity contribution < 1.29 is 9.21 Å². The van der Waals surface area contributed by atoms with Crippen LogP contribution in [0, 0.1) is 0 Å². The van der Waals surface area contributed by atoms with E-state index in [1.165, 1.54) is 11.3 Å². The molecule has 2 aromatic rings. The summed E-state index contributed by atoms with van der Waals surface area (Å²) in [7, 11) is 0. The van der Waals surface area contributed by atoms with E-state index < -0.39 is 0 Å². The number of alkyl halides is 1. The topological polar surface area (TPSA) is 55.1 Å². The summed E-state index contributed by atoms with van der Waals surface area (Å²) in [4.78, 5) is 16.0. The number of carbonyl (C=O) groups excluding carboxylic acids is 1. The highest BCUT2D eigenvalue weighted by atomic mass is 35.5. The Hall–Kier alpha value is -1.33. The second-order valence-corrected chi connectivity index (χ2v) is 5.06. The number of aromatic nitrogens is 1. The van der Waals surface area contributed by atoms with Gasteiger partial charge in [0.2, 0.25) is 5.91 Å². The predicted octanol–water partition coefficient (Wildman–Crippen LogP) is 2.89. The highest BCUT2D eigenvalue weighted by Crippen LogP contribution is 2.14. The third kappa shape index (κ3) is 3.34. The molecule has 0 fully saturated rings. The fraction of sp³-hybridized carbons (Fsp3) is 0.333. The number of hydrogen-bond donors (Lipinski definition) is 1. The number of halogens is 1.